The molecule has 4 nitrogen and oxygen atoms in total. The van der Waals surface area contributed by atoms with Crippen molar-refractivity contribution in [3.63, 3.8) is 0 Å². The van der Waals surface area contributed by atoms with Gasteiger partial charge in [-0.1, -0.05) is 13.3 Å². The average molecular weight is 422 g/mol. The number of carbonyl (C=O) groups is 1. The molecule has 1 rings (SSSR count). The van der Waals surface area contributed by atoms with Gasteiger partial charge in [-0.3, -0.25) is 4.79 Å². The Morgan fingerprint density at radius 1 is 1.33 bits per heavy atom. The monoisotopic (exact) mass is 420 g/mol. The fourth-order valence-electron chi connectivity index (χ4n) is 1.94. The van der Waals surface area contributed by atoms with Crippen molar-refractivity contribution in [3.05, 3.63) is 26.6 Å². The van der Waals surface area contributed by atoms with Crippen molar-refractivity contribution >= 4 is 37.8 Å². The van der Waals surface area contributed by atoms with Crippen molar-refractivity contribution < 1.29 is 9.53 Å². The summed E-state index contributed by atoms with van der Waals surface area (Å²) < 4.78 is 7.32. The number of rotatable bonds is 7. The summed E-state index contributed by atoms with van der Waals surface area (Å²) in [6.07, 6.45) is 1.42. The van der Waals surface area contributed by atoms with Gasteiger partial charge in [0.05, 0.1) is 8.95 Å². The molecule has 0 bridgehead atoms. The van der Waals surface area contributed by atoms with Gasteiger partial charge in [0.1, 0.15) is 5.75 Å². The van der Waals surface area contributed by atoms with Gasteiger partial charge in [-0.05, 0) is 69.8 Å². The van der Waals surface area contributed by atoms with Crippen molar-refractivity contribution in [2.75, 3.05) is 0 Å². The van der Waals surface area contributed by atoms with Gasteiger partial charge in [-0.2, -0.15) is 0 Å². The number of nitrogens with one attached hydrogen (secondary N) is 1. The van der Waals surface area contributed by atoms with Crippen LogP contribution in [0.3, 0.4) is 0 Å². The van der Waals surface area contributed by atoms with Crippen LogP contribution in [-0.4, -0.2) is 18.1 Å². The molecule has 0 spiro atoms. The van der Waals surface area contributed by atoms with E-state index in [-0.39, 0.29) is 11.9 Å². The molecule has 0 aromatic heterocycles. The van der Waals surface area contributed by atoms with Crippen LogP contribution >= 0.6 is 31.9 Å². The third-order valence-electron chi connectivity index (χ3n) is 3.07. The standard InChI is InChI=1S/C15H22Br2N2O2/c1-4-5-9(2)19-15(20)10(3)21-14-12(16)6-11(8-18)7-13(14)17/h6-7,9-10H,4-5,8,18H2,1-3H3,(H,19,20). The third kappa shape index (κ3) is 5.60. The fraction of sp³-hybridized carbons (Fsp3) is 0.533. The summed E-state index contributed by atoms with van der Waals surface area (Å²) in [5, 5.41) is 2.95. The first-order valence-electron chi connectivity index (χ1n) is 7.04. The minimum Gasteiger partial charge on any atom is -0.479 e. The molecule has 1 aromatic rings. The number of benzene rings is 1. The summed E-state index contributed by atoms with van der Waals surface area (Å²) in [5.74, 6) is 0.496. The Morgan fingerprint density at radius 2 is 1.90 bits per heavy atom. The highest BCUT2D eigenvalue weighted by molar-refractivity contribution is 9.11. The third-order valence-corrected chi connectivity index (χ3v) is 4.25. The maximum atomic E-state index is 12.1. The van der Waals surface area contributed by atoms with E-state index >= 15 is 0 Å². The molecule has 3 N–H and O–H groups in total. The van der Waals surface area contributed by atoms with Crippen molar-refractivity contribution in [3.8, 4) is 5.75 Å². The van der Waals surface area contributed by atoms with Crippen LogP contribution < -0.4 is 15.8 Å². The molecular formula is C15H22Br2N2O2. The van der Waals surface area contributed by atoms with Crippen LogP contribution in [0, 0.1) is 0 Å². The lowest BCUT2D eigenvalue weighted by molar-refractivity contribution is -0.127. The van der Waals surface area contributed by atoms with Gasteiger partial charge < -0.3 is 15.8 Å². The minimum atomic E-state index is -0.569. The van der Waals surface area contributed by atoms with E-state index in [1.807, 2.05) is 19.1 Å². The second-order valence-corrected chi connectivity index (χ2v) is 6.76. The maximum Gasteiger partial charge on any atom is 0.260 e. The van der Waals surface area contributed by atoms with Gasteiger partial charge in [-0.15, -0.1) is 0 Å². The maximum absolute atomic E-state index is 12.1. The molecule has 0 radical (unpaired) electrons. The van der Waals surface area contributed by atoms with Crippen LogP contribution in [0.5, 0.6) is 5.75 Å². The Morgan fingerprint density at radius 3 is 2.38 bits per heavy atom. The van der Waals surface area contributed by atoms with Crippen LogP contribution in [0.25, 0.3) is 0 Å². The van der Waals surface area contributed by atoms with Gasteiger partial charge in [0.15, 0.2) is 6.10 Å². The lowest BCUT2D eigenvalue weighted by Crippen LogP contribution is -2.41. The first kappa shape index (κ1) is 18.5. The SMILES string of the molecule is CCCC(C)NC(=O)C(C)Oc1c(Br)cc(CN)cc1Br. The molecular weight excluding hydrogens is 400 g/mol. The Labute approximate surface area is 143 Å². The number of hydrogen-bond donors (Lipinski definition) is 2. The van der Waals surface area contributed by atoms with E-state index in [0.29, 0.717) is 12.3 Å². The van der Waals surface area contributed by atoms with Gasteiger partial charge >= 0.3 is 0 Å². The molecule has 118 valence electrons. The van der Waals surface area contributed by atoms with Crippen LogP contribution in [0.4, 0.5) is 0 Å². The second-order valence-electron chi connectivity index (χ2n) is 5.05. The van der Waals surface area contributed by atoms with Gasteiger partial charge in [0.2, 0.25) is 0 Å². The summed E-state index contributed by atoms with van der Waals surface area (Å²) in [5.41, 5.74) is 6.61. The Bertz CT molecular complexity index is 472. The molecule has 6 heteroatoms. The van der Waals surface area contributed by atoms with Crippen molar-refractivity contribution in [1.82, 2.24) is 5.32 Å². The largest absolute Gasteiger partial charge is 0.479 e. The average Bonchev–Trinajstić information content (AvgIpc) is 2.42. The van der Waals surface area contributed by atoms with Crippen LogP contribution in [-0.2, 0) is 11.3 Å². The normalized spacial score (nSPS) is 13.6. The smallest absolute Gasteiger partial charge is 0.260 e. The molecule has 0 aliphatic carbocycles. The first-order valence-corrected chi connectivity index (χ1v) is 8.62. The molecule has 21 heavy (non-hydrogen) atoms. The highest BCUT2D eigenvalue weighted by Crippen LogP contribution is 2.35. The van der Waals surface area contributed by atoms with Crippen LogP contribution in [0.1, 0.15) is 39.2 Å². The van der Waals surface area contributed by atoms with Crippen LogP contribution in [0.15, 0.2) is 21.1 Å². The predicted octanol–water partition coefficient (Wildman–Crippen LogP) is 3.74. The van der Waals surface area contributed by atoms with Gasteiger partial charge in [0.25, 0.3) is 5.91 Å². The number of amides is 1. The molecule has 1 amide bonds. The fourth-order valence-corrected chi connectivity index (χ4v) is 3.41. The van der Waals surface area contributed by atoms with E-state index in [4.69, 9.17) is 10.5 Å². The number of nitrogens with two attached hydrogens (primary N) is 1. The second kappa shape index (κ2) is 8.76. The zero-order valence-electron chi connectivity index (χ0n) is 12.6. The number of ether oxygens (including phenoxy) is 1. The van der Waals surface area contributed by atoms with Crippen LogP contribution in [0.2, 0.25) is 0 Å². The molecule has 1 aromatic carbocycles. The van der Waals surface area contributed by atoms with Crippen molar-refractivity contribution in [2.45, 2.75) is 52.3 Å². The number of carbonyl (C=O) groups excluding carboxylic acids is 1. The first-order chi connectivity index (χ1) is 9.88. The van der Waals surface area contributed by atoms with E-state index in [9.17, 15) is 4.79 Å². The topological polar surface area (TPSA) is 64.3 Å². The van der Waals surface area contributed by atoms with Gasteiger partial charge in [-0.25, -0.2) is 0 Å². The zero-order chi connectivity index (χ0) is 16.0. The van der Waals surface area contributed by atoms with E-state index in [2.05, 4.69) is 44.1 Å². The highest BCUT2D eigenvalue weighted by Gasteiger charge is 2.19. The Kier molecular flexibility index (Phi) is 7.70. The summed E-state index contributed by atoms with van der Waals surface area (Å²) in [7, 11) is 0. The molecule has 2 unspecified atom stereocenters. The Balaban J connectivity index is 2.74. The lowest BCUT2D eigenvalue weighted by Gasteiger charge is -2.20. The summed E-state index contributed by atoms with van der Waals surface area (Å²) >= 11 is 6.90. The molecule has 0 aliphatic rings. The summed E-state index contributed by atoms with van der Waals surface area (Å²) in [6, 6.07) is 3.94. The summed E-state index contributed by atoms with van der Waals surface area (Å²) in [6.45, 7) is 6.28. The van der Waals surface area contributed by atoms with Crippen molar-refractivity contribution in [2.24, 2.45) is 5.73 Å². The van der Waals surface area contributed by atoms with E-state index in [1.165, 1.54) is 0 Å². The Hall–Kier alpha value is -0.590. The molecule has 0 saturated carbocycles. The number of halogens is 2. The molecule has 0 aliphatic heterocycles. The van der Waals surface area contributed by atoms with Crippen molar-refractivity contribution in [1.29, 1.82) is 0 Å². The molecule has 0 fully saturated rings. The lowest BCUT2D eigenvalue weighted by atomic mass is 10.2. The molecule has 0 saturated heterocycles. The van der Waals surface area contributed by atoms with Gasteiger partial charge in [0, 0.05) is 12.6 Å². The predicted molar refractivity (Wildman–Crippen MR) is 92.3 cm³/mol. The van der Waals surface area contributed by atoms with E-state index in [1.54, 1.807) is 6.92 Å². The van der Waals surface area contributed by atoms with E-state index in [0.717, 1.165) is 27.4 Å². The highest BCUT2D eigenvalue weighted by atomic mass is 79.9. The van der Waals surface area contributed by atoms with E-state index < -0.39 is 6.10 Å². The quantitative estimate of drug-likeness (QED) is 0.704. The zero-order valence-corrected chi connectivity index (χ0v) is 15.8. The number of hydrogen-bond acceptors (Lipinski definition) is 3. The summed E-state index contributed by atoms with van der Waals surface area (Å²) in [4.78, 5) is 12.1. The minimum absolute atomic E-state index is 0.113. The molecule has 0 heterocycles. The molecule has 2 atom stereocenters.